The van der Waals surface area contributed by atoms with Crippen molar-refractivity contribution in [2.24, 2.45) is 0 Å². The molecule has 0 saturated heterocycles. The van der Waals surface area contributed by atoms with E-state index in [0.29, 0.717) is 21.9 Å². The van der Waals surface area contributed by atoms with E-state index in [0.717, 1.165) is 33.1 Å². The SMILES string of the molecule is Cc1nnc(SCc2c(C(=O)Nc3sccc3C(=O)NC3CC3)oc3ccccc23)s1. The van der Waals surface area contributed by atoms with Gasteiger partial charge in [-0.2, -0.15) is 0 Å². The van der Waals surface area contributed by atoms with Crippen LogP contribution in [0.15, 0.2) is 44.5 Å². The van der Waals surface area contributed by atoms with Gasteiger partial charge in [-0.05, 0) is 37.3 Å². The van der Waals surface area contributed by atoms with Crippen LogP contribution in [0, 0.1) is 6.92 Å². The molecule has 1 fully saturated rings. The minimum atomic E-state index is -0.372. The van der Waals surface area contributed by atoms with E-state index in [2.05, 4.69) is 20.8 Å². The summed E-state index contributed by atoms with van der Waals surface area (Å²) in [6.07, 6.45) is 2.01. The fourth-order valence-electron chi connectivity index (χ4n) is 3.13. The van der Waals surface area contributed by atoms with Crippen molar-refractivity contribution in [3.8, 4) is 0 Å². The van der Waals surface area contributed by atoms with Crippen LogP contribution in [-0.4, -0.2) is 28.1 Å². The third kappa shape index (κ3) is 4.36. The molecule has 1 saturated carbocycles. The summed E-state index contributed by atoms with van der Waals surface area (Å²) < 4.78 is 6.76. The summed E-state index contributed by atoms with van der Waals surface area (Å²) in [5, 5.41) is 18.1. The van der Waals surface area contributed by atoms with Crippen LogP contribution < -0.4 is 10.6 Å². The molecule has 1 aliphatic carbocycles. The normalized spacial score (nSPS) is 13.5. The number of aryl methyl sites for hydroxylation is 1. The molecule has 4 aromatic rings. The summed E-state index contributed by atoms with van der Waals surface area (Å²) in [5.41, 5.74) is 1.92. The Labute approximate surface area is 190 Å². The second kappa shape index (κ2) is 8.45. The Morgan fingerprint density at radius 2 is 2.03 bits per heavy atom. The van der Waals surface area contributed by atoms with Crippen LogP contribution in [0.5, 0.6) is 0 Å². The molecule has 3 heterocycles. The monoisotopic (exact) mass is 470 g/mol. The van der Waals surface area contributed by atoms with Crippen molar-refractivity contribution >= 4 is 62.2 Å². The average molecular weight is 471 g/mol. The molecule has 1 aliphatic rings. The highest BCUT2D eigenvalue weighted by Crippen LogP contribution is 2.34. The highest BCUT2D eigenvalue weighted by atomic mass is 32.2. The maximum atomic E-state index is 13.2. The summed E-state index contributed by atoms with van der Waals surface area (Å²) in [6, 6.07) is 9.55. The number of aromatic nitrogens is 2. The number of rotatable bonds is 7. The van der Waals surface area contributed by atoms with E-state index in [1.165, 1.54) is 34.4 Å². The molecule has 0 atom stereocenters. The molecule has 0 unspecified atom stereocenters. The molecule has 5 rings (SSSR count). The van der Waals surface area contributed by atoms with E-state index in [4.69, 9.17) is 4.42 Å². The first-order valence-corrected chi connectivity index (χ1v) is 12.4. The van der Waals surface area contributed by atoms with E-state index in [1.54, 1.807) is 11.4 Å². The Morgan fingerprint density at radius 1 is 1.19 bits per heavy atom. The smallest absolute Gasteiger partial charge is 0.292 e. The van der Waals surface area contributed by atoms with Gasteiger partial charge in [0.1, 0.15) is 15.6 Å². The van der Waals surface area contributed by atoms with E-state index in [-0.39, 0.29) is 23.6 Å². The number of anilines is 1. The van der Waals surface area contributed by atoms with Crippen LogP contribution in [0.4, 0.5) is 5.00 Å². The van der Waals surface area contributed by atoms with Gasteiger partial charge >= 0.3 is 0 Å². The van der Waals surface area contributed by atoms with Gasteiger partial charge in [0, 0.05) is 22.7 Å². The standard InChI is InChI=1S/C21H18N4O3S3/c1-11-24-25-21(31-11)30-10-15-13-4-2-3-5-16(13)28-17(15)19(27)23-20-14(8-9-29-20)18(26)22-12-6-7-12/h2-5,8-9,12H,6-7,10H2,1H3,(H,22,26)(H,23,27). The van der Waals surface area contributed by atoms with Crippen LogP contribution in [0.25, 0.3) is 11.0 Å². The molecule has 7 nitrogen and oxygen atoms in total. The molecule has 10 heteroatoms. The van der Waals surface area contributed by atoms with Crippen molar-refractivity contribution in [1.29, 1.82) is 0 Å². The molecule has 0 radical (unpaired) electrons. The molecule has 158 valence electrons. The van der Waals surface area contributed by atoms with Crippen molar-refractivity contribution in [2.45, 2.75) is 35.9 Å². The number of carbonyl (C=O) groups is 2. The lowest BCUT2D eigenvalue weighted by Crippen LogP contribution is -2.26. The van der Waals surface area contributed by atoms with Crippen molar-refractivity contribution in [2.75, 3.05) is 5.32 Å². The van der Waals surface area contributed by atoms with Gasteiger partial charge in [0.2, 0.25) is 0 Å². The average Bonchev–Trinajstić information content (AvgIpc) is 3.14. The lowest BCUT2D eigenvalue weighted by atomic mass is 10.1. The number of furan rings is 1. The topological polar surface area (TPSA) is 97.1 Å². The Morgan fingerprint density at radius 3 is 2.81 bits per heavy atom. The number of hydrogen-bond donors (Lipinski definition) is 2. The predicted molar refractivity (Wildman–Crippen MR) is 123 cm³/mol. The molecule has 2 amide bonds. The molecular formula is C21H18N4O3S3. The minimum Gasteiger partial charge on any atom is -0.451 e. The summed E-state index contributed by atoms with van der Waals surface area (Å²) >= 11 is 4.35. The summed E-state index contributed by atoms with van der Waals surface area (Å²) in [5.74, 6) is 0.236. The lowest BCUT2D eigenvalue weighted by molar-refractivity contribution is 0.0952. The first-order valence-electron chi connectivity index (χ1n) is 9.71. The van der Waals surface area contributed by atoms with Crippen molar-refractivity contribution in [3.63, 3.8) is 0 Å². The van der Waals surface area contributed by atoms with Gasteiger partial charge in [0.25, 0.3) is 11.8 Å². The molecule has 0 bridgehead atoms. The Balaban J connectivity index is 1.41. The fourth-order valence-corrected chi connectivity index (χ4v) is 5.75. The Hall–Kier alpha value is -2.69. The van der Waals surface area contributed by atoms with Crippen molar-refractivity contribution < 1.29 is 14.0 Å². The maximum absolute atomic E-state index is 13.2. The maximum Gasteiger partial charge on any atom is 0.292 e. The number of nitrogens with one attached hydrogen (secondary N) is 2. The number of amides is 2. The largest absolute Gasteiger partial charge is 0.451 e. The van der Waals surface area contributed by atoms with Gasteiger partial charge in [-0.25, -0.2) is 0 Å². The zero-order chi connectivity index (χ0) is 21.4. The van der Waals surface area contributed by atoms with Crippen LogP contribution in [-0.2, 0) is 5.75 Å². The minimum absolute atomic E-state index is 0.161. The summed E-state index contributed by atoms with van der Waals surface area (Å²) in [4.78, 5) is 25.6. The molecule has 31 heavy (non-hydrogen) atoms. The Bertz CT molecular complexity index is 1270. The Kier molecular flexibility index (Phi) is 5.51. The van der Waals surface area contributed by atoms with Gasteiger partial charge < -0.3 is 15.1 Å². The first kappa shape index (κ1) is 20.2. The first-order chi connectivity index (χ1) is 15.1. The zero-order valence-electron chi connectivity index (χ0n) is 16.5. The van der Waals surface area contributed by atoms with E-state index < -0.39 is 0 Å². The van der Waals surface area contributed by atoms with Crippen molar-refractivity contribution in [1.82, 2.24) is 15.5 Å². The molecule has 1 aromatic carbocycles. The van der Waals surface area contributed by atoms with Gasteiger partial charge in [-0.15, -0.1) is 21.5 Å². The second-order valence-corrected chi connectivity index (χ2v) is 10.5. The quantitative estimate of drug-likeness (QED) is 0.365. The highest BCUT2D eigenvalue weighted by Gasteiger charge is 2.27. The third-order valence-corrected chi connectivity index (χ3v) is 7.63. The van der Waals surface area contributed by atoms with Gasteiger partial charge in [-0.1, -0.05) is 41.3 Å². The number of thiophene rings is 1. The van der Waals surface area contributed by atoms with E-state index in [1.807, 2.05) is 31.2 Å². The highest BCUT2D eigenvalue weighted by molar-refractivity contribution is 8.00. The zero-order valence-corrected chi connectivity index (χ0v) is 19.0. The molecule has 2 N–H and O–H groups in total. The number of thioether (sulfide) groups is 1. The van der Waals surface area contributed by atoms with Crippen LogP contribution >= 0.6 is 34.4 Å². The number of fused-ring (bicyclic) bond motifs is 1. The molecular weight excluding hydrogens is 452 g/mol. The second-order valence-electron chi connectivity index (χ2n) is 7.15. The van der Waals surface area contributed by atoms with Crippen molar-refractivity contribution in [3.05, 3.63) is 57.6 Å². The van der Waals surface area contributed by atoms with E-state index in [9.17, 15) is 9.59 Å². The van der Waals surface area contributed by atoms with Gasteiger partial charge in [-0.3, -0.25) is 9.59 Å². The molecule has 3 aromatic heterocycles. The number of benzene rings is 1. The third-order valence-electron chi connectivity index (χ3n) is 4.80. The number of hydrogen-bond acceptors (Lipinski definition) is 8. The van der Waals surface area contributed by atoms with Crippen LogP contribution in [0.2, 0.25) is 0 Å². The van der Waals surface area contributed by atoms with Gasteiger partial charge in [0.15, 0.2) is 10.1 Å². The summed E-state index contributed by atoms with van der Waals surface area (Å²) in [7, 11) is 0. The molecule has 0 aliphatic heterocycles. The number of nitrogens with zero attached hydrogens (tertiary/aromatic N) is 2. The van der Waals surface area contributed by atoms with E-state index >= 15 is 0 Å². The number of carbonyl (C=O) groups excluding carboxylic acids is 2. The summed E-state index contributed by atoms with van der Waals surface area (Å²) in [6.45, 7) is 1.91. The van der Waals surface area contributed by atoms with Gasteiger partial charge in [0.05, 0.1) is 5.56 Å². The fraction of sp³-hybridized carbons (Fsp3) is 0.238. The van der Waals surface area contributed by atoms with Crippen LogP contribution in [0.1, 0.15) is 44.3 Å². The number of para-hydroxylation sites is 1. The molecule has 0 spiro atoms. The lowest BCUT2D eigenvalue weighted by Gasteiger charge is -2.07. The van der Waals surface area contributed by atoms with Crippen LogP contribution in [0.3, 0.4) is 0 Å². The predicted octanol–water partition coefficient (Wildman–Crippen LogP) is 5.09.